The average Bonchev–Trinajstić information content (AvgIpc) is 2.88. The fourth-order valence-electron chi connectivity index (χ4n) is 5.88. The van der Waals surface area contributed by atoms with Crippen molar-refractivity contribution in [1.29, 1.82) is 0 Å². The van der Waals surface area contributed by atoms with E-state index < -0.39 is 0 Å². The van der Waals surface area contributed by atoms with Gasteiger partial charge >= 0.3 is 0 Å². The summed E-state index contributed by atoms with van der Waals surface area (Å²) in [4.78, 5) is 14.9. The summed E-state index contributed by atoms with van der Waals surface area (Å²) in [7, 11) is 13.6. The monoisotopic (exact) mass is 550 g/mol. The van der Waals surface area contributed by atoms with Crippen molar-refractivity contribution < 1.29 is 0 Å². The van der Waals surface area contributed by atoms with Crippen LogP contribution in [0.1, 0.15) is 47.9 Å². The van der Waals surface area contributed by atoms with E-state index in [2.05, 4.69) is 120 Å². The Morgan fingerprint density at radius 1 is 0.350 bits per heavy atom. The third-order valence-corrected chi connectivity index (χ3v) is 8.11. The number of benzene rings is 2. The molecule has 0 spiro atoms. The molecule has 0 saturated carbocycles. The lowest BCUT2D eigenvalue weighted by molar-refractivity contribution is 0.251. The van der Waals surface area contributed by atoms with Crippen LogP contribution in [0.3, 0.4) is 0 Å². The molecule has 0 aromatic heterocycles. The standard InChI is InChI=1S/C34H58N6/c1-35-17-9-21-37(3)27-31-13-7-15-33(25-31)29-39(5)23-11-19-36(2)20-12-24-40(6)30-34-16-8-14-32(26-34)28-38(4)22-10-18-35/h7-8,13-16,25-26H,9-12,17-24,27-30H2,1-6H3. The number of rotatable bonds is 0. The molecule has 1 aliphatic rings. The van der Waals surface area contributed by atoms with E-state index in [4.69, 9.17) is 0 Å². The molecule has 40 heavy (non-hydrogen) atoms. The van der Waals surface area contributed by atoms with Crippen molar-refractivity contribution in [3.8, 4) is 0 Å². The molecule has 224 valence electrons. The van der Waals surface area contributed by atoms with Gasteiger partial charge in [0.25, 0.3) is 0 Å². The Hall–Kier alpha value is -1.80. The van der Waals surface area contributed by atoms with Gasteiger partial charge in [-0.1, -0.05) is 48.5 Å². The normalized spacial score (nSPS) is 21.6. The Bertz CT molecular complexity index is 821. The van der Waals surface area contributed by atoms with Crippen molar-refractivity contribution in [3.63, 3.8) is 0 Å². The summed E-state index contributed by atoms with van der Waals surface area (Å²) in [5, 5.41) is 0. The Balaban J connectivity index is 1.56. The van der Waals surface area contributed by atoms with E-state index in [1.807, 2.05) is 0 Å². The molecule has 6 heteroatoms. The van der Waals surface area contributed by atoms with Gasteiger partial charge < -0.3 is 29.4 Å². The van der Waals surface area contributed by atoms with Crippen molar-refractivity contribution in [2.75, 3.05) is 94.6 Å². The van der Waals surface area contributed by atoms with Crippen molar-refractivity contribution in [2.45, 2.75) is 51.9 Å². The van der Waals surface area contributed by atoms with Crippen LogP contribution in [-0.2, 0) is 26.2 Å². The van der Waals surface area contributed by atoms with Gasteiger partial charge in [0.2, 0.25) is 0 Å². The first kappa shape index (κ1) is 32.7. The lowest BCUT2D eigenvalue weighted by atomic mass is 10.1. The van der Waals surface area contributed by atoms with Crippen molar-refractivity contribution >= 4 is 0 Å². The summed E-state index contributed by atoms with van der Waals surface area (Å²) >= 11 is 0. The quantitative estimate of drug-likeness (QED) is 0.476. The van der Waals surface area contributed by atoms with E-state index in [1.54, 1.807) is 0 Å². The van der Waals surface area contributed by atoms with Crippen LogP contribution in [0.15, 0.2) is 48.5 Å². The van der Waals surface area contributed by atoms with Crippen LogP contribution in [0.2, 0.25) is 0 Å². The van der Waals surface area contributed by atoms with Crippen molar-refractivity contribution in [3.05, 3.63) is 70.8 Å². The fraction of sp³-hybridized carbons (Fsp3) is 0.647. The highest BCUT2D eigenvalue weighted by Gasteiger charge is 2.09. The summed E-state index contributed by atoms with van der Waals surface area (Å²) in [6, 6.07) is 18.4. The minimum atomic E-state index is 1.02. The van der Waals surface area contributed by atoms with Crippen LogP contribution in [0, 0.1) is 0 Å². The highest BCUT2D eigenvalue weighted by molar-refractivity contribution is 5.24. The summed E-state index contributed by atoms with van der Waals surface area (Å²) in [6.07, 6.45) is 4.84. The molecule has 1 heterocycles. The van der Waals surface area contributed by atoms with Crippen molar-refractivity contribution in [2.24, 2.45) is 0 Å². The highest BCUT2D eigenvalue weighted by atomic mass is 15.1. The van der Waals surface area contributed by atoms with Gasteiger partial charge in [-0.05, 0) is 143 Å². The van der Waals surface area contributed by atoms with Gasteiger partial charge in [-0.3, -0.25) is 0 Å². The molecule has 6 nitrogen and oxygen atoms in total. The van der Waals surface area contributed by atoms with Gasteiger partial charge in [-0.2, -0.15) is 0 Å². The van der Waals surface area contributed by atoms with E-state index in [1.165, 1.54) is 47.9 Å². The molecule has 3 rings (SSSR count). The van der Waals surface area contributed by atoms with Crippen LogP contribution in [0.25, 0.3) is 0 Å². The second kappa shape index (κ2) is 17.9. The molecule has 0 atom stereocenters. The van der Waals surface area contributed by atoms with E-state index >= 15 is 0 Å². The largest absolute Gasteiger partial charge is 0.306 e. The maximum absolute atomic E-state index is 2.50. The number of nitrogens with zero attached hydrogens (tertiary/aromatic N) is 6. The maximum Gasteiger partial charge on any atom is 0.0230 e. The number of hydrogen-bond acceptors (Lipinski definition) is 6. The Morgan fingerprint density at radius 2 is 0.575 bits per heavy atom. The lowest BCUT2D eigenvalue weighted by Gasteiger charge is -2.23. The molecule has 4 bridgehead atoms. The summed E-state index contributed by atoms with van der Waals surface area (Å²) < 4.78 is 0. The summed E-state index contributed by atoms with van der Waals surface area (Å²) in [5.74, 6) is 0. The molecule has 0 N–H and O–H groups in total. The molecule has 0 unspecified atom stereocenters. The summed E-state index contributed by atoms with van der Waals surface area (Å²) in [6.45, 7) is 13.2. The Kier molecular flexibility index (Phi) is 14.6. The second-order valence-corrected chi connectivity index (χ2v) is 12.6. The average molecular weight is 551 g/mol. The van der Waals surface area contributed by atoms with E-state index in [9.17, 15) is 0 Å². The third-order valence-electron chi connectivity index (χ3n) is 8.11. The molecule has 2 aromatic carbocycles. The first-order valence-corrected chi connectivity index (χ1v) is 15.5. The van der Waals surface area contributed by atoms with E-state index in [0.29, 0.717) is 0 Å². The highest BCUT2D eigenvalue weighted by Crippen LogP contribution is 2.12. The van der Waals surface area contributed by atoms with Crippen LogP contribution in [0.5, 0.6) is 0 Å². The zero-order valence-electron chi connectivity index (χ0n) is 26.6. The van der Waals surface area contributed by atoms with Gasteiger partial charge in [0.15, 0.2) is 0 Å². The predicted molar refractivity (Wildman–Crippen MR) is 172 cm³/mol. The van der Waals surface area contributed by atoms with Crippen LogP contribution >= 0.6 is 0 Å². The molecule has 0 aliphatic carbocycles. The number of hydrogen-bond donors (Lipinski definition) is 0. The van der Waals surface area contributed by atoms with Crippen molar-refractivity contribution in [1.82, 2.24) is 29.4 Å². The molecule has 0 radical (unpaired) electrons. The van der Waals surface area contributed by atoms with Gasteiger partial charge in [0, 0.05) is 26.2 Å². The van der Waals surface area contributed by atoms with Gasteiger partial charge in [-0.15, -0.1) is 0 Å². The topological polar surface area (TPSA) is 19.4 Å². The molecule has 2 aromatic rings. The molecular formula is C34H58N6. The third kappa shape index (κ3) is 13.2. The first-order valence-electron chi connectivity index (χ1n) is 15.5. The molecule has 0 fully saturated rings. The molecule has 0 saturated heterocycles. The smallest absolute Gasteiger partial charge is 0.0230 e. The van der Waals surface area contributed by atoms with Crippen LogP contribution in [0.4, 0.5) is 0 Å². The second-order valence-electron chi connectivity index (χ2n) is 12.6. The molecular weight excluding hydrogens is 492 g/mol. The van der Waals surface area contributed by atoms with E-state index in [-0.39, 0.29) is 0 Å². The number of fused-ring (bicyclic) bond motifs is 4. The minimum Gasteiger partial charge on any atom is -0.306 e. The minimum absolute atomic E-state index is 1.02. The lowest BCUT2D eigenvalue weighted by Crippen LogP contribution is -2.29. The molecule has 1 aliphatic heterocycles. The van der Waals surface area contributed by atoms with Gasteiger partial charge in [0.05, 0.1) is 0 Å². The Morgan fingerprint density at radius 3 is 0.825 bits per heavy atom. The van der Waals surface area contributed by atoms with E-state index in [0.717, 1.165) is 78.5 Å². The van der Waals surface area contributed by atoms with Crippen LogP contribution < -0.4 is 0 Å². The predicted octanol–water partition coefficient (Wildman–Crippen LogP) is 4.55. The maximum atomic E-state index is 2.50. The van der Waals surface area contributed by atoms with Gasteiger partial charge in [-0.25, -0.2) is 0 Å². The van der Waals surface area contributed by atoms with Crippen LogP contribution in [-0.4, -0.2) is 124 Å². The summed E-state index contributed by atoms with van der Waals surface area (Å²) in [5.41, 5.74) is 5.70. The molecule has 0 amide bonds. The SMILES string of the molecule is CN1CCCN(C)Cc2cccc(c2)CN(C)CCCN(C)CCCN(C)Cc2cccc(c2)CN(C)CCC1. The fourth-order valence-corrected chi connectivity index (χ4v) is 5.88. The zero-order valence-corrected chi connectivity index (χ0v) is 26.6. The van der Waals surface area contributed by atoms with Gasteiger partial charge in [0.1, 0.15) is 0 Å². The first-order chi connectivity index (χ1) is 19.3. The zero-order chi connectivity index (χ0) is 28.7. The Labute approximate surface area is 246 Å².